The van der Waals surface area contributed by atoms with Crippen molar-refractivity contribution in [3.8, 4) is 5.75 Å². The summed E-state index contributed by atoms with van der Waals surface area (Å²) in [6, 6.07) is 5.09. The van der Waals surface area contributed by atoms with E-state index in [4.69, 9.17) is 21.1 Å². The Morgan fingerprint density at radius 2 is 1.24 bits per heavy atom. The number of ether oxygens (including phenoxy) is 2. The van der Waals surface area contributed by atoms with Crippen LogP contribution >= 0.6 is 11.6 Å². The summed E-state index contributed by atoms with van der Waals surface area (Å²) in [4.78, 5) is 23.7. The van der Waals surface area contributed by atoms with Crippen LogP contribution in [0.2, 0.25) is 5.02 Å². The topological polar surface area (TPSA) is 52.6 Å². The molecule has 0 saturated heterocycles. The van der Waals surface area contributed by atoms with E-state index in [0.717, 1.165) is 18.4 Å². The van der Waals surface area contributed by atoms with Crippen molar-refractivity contribution in [1.29, 1.82) is 0 Å². The Kier molecular flexibility index (Phi) is 17.8. The Hall–Kier alpha value is -1.55. The number of carbonyl (C=O) groups excluding carboxylic acids is 2. The molecule has 0 aliphatic heterocycles. The minimum Gasteiger partial charge on any atom is -0.466 e. The van der Waals surface area contributed by atoms with Gasteiger partial charge in [0.25, 0.3) is 0 Å². The third-order valence-corrected chi connectivity index (χ3v) is 6.31. The predicted molar refractivity (Wildman–Crippen MR) is 137 cm³/mol. The second-order valence-corrected chi connectivity index (χ2v) is 9.46. The lowest BCUT2D eigenvalue weighted by Gasteiger charge is -2.07. The van der Waals surface area contributed by atoms with E-state index in [1.807, 2.05) is 6.92 Å². The van der Waals surface area contributed by atoms with E-state index < -0.39 is 0 Å². The van der Waals surface area contributed by atoms with E-state index in [0.29, 0.717) is 23.8 Å². The molecule has 0 spiro atoms. The molecule has 0 aliphatic carbocycles. The number of carbonyl (C=O) groups is 2. The number of rotatable bonds is 20. The van der Waals surface area contributed by atoms with Gasteiger partial charge in [-0.2, -0.15) is 0 Å². The number of unbranched alkanes of at least 4 members (excludes halogenated alkanes) is 13. The maximum absolute atomic E-state index is 11.9. The van der Waals surface area contributed by atoms with Crippen LogP contribution in [0.25, 0.3) is 0 Å². The number of halogens is 1. The van der Waals surface area contributed by atoms with Crippen LogP contribution in [0.1, 0.15) is 122 Å². The summed E-state index contributed by atoms with van der Waals surface area (Å²) in [5, 5.41) is 0.636. The fourth-order valence-electron chi connectivity index (χ4n) is 3.79. The Labute approximate surface area is 206 Å². The quantitative estimate of drug-likeness (QED) is 0.106. The lowest BCUT2D eigenvalue weighted by atomic mass is 10.0. The molecule has 33 heavy (non-hydrogen) atoms. The molecule has 0 aliphatic rings. The molecule has 0 amide bonds. The molecule has 1 aromatic carbocycles. The standard InChI is InChI=1S/C28H45ClO4/c1-3-4-5-6-7-8-9-10-11-12-13-14-15-16-22-32-27(30)18-17-19-28(31)33-25-20-21-26(29)24(2)23-25/h20-21,23H,3-19,22H2,1-2H3. The highest BCUT2D eigenvalue weighted by Gasteiger charge is 2.09. The minimum atomic E-state index is -0.350. The van der Waals surface area contributed by atoms with E-state index in [-0.39, 0.29) is 24.8 Å². The van der Waals surface area contributed by atoms with Crippen molar-refractivity contribution in [2.75, 3.05) is 6.61 Å². The molecule has 0 bridgehead atoms. The maximum Gasteiger partial charge on any atom is 0.311 e. The first-order valence-electron chi connectivity index (χ1n) is 13.2. The van der Waals surface area contributed by atoms with Gasteiger partial charge < -0.3 is 9.47 Å². The van der Waals surface area contributed by atoms with E-state index in [9.17, 15) is 9.59 Å². The van der Waals surface area contributed by atoms with Crippen molar-refractivity contribution < 1.29 is 19.1 Å². The van der Waals surface area contributed by atoms with Crippen LogP contribution in [0.5, 0.6) is 5.75 Å². The van der Waals surface area contributed by atoms with Gasteiger partial charge in [-0.15, -0.1) is 0 Å². The molecule has 0 unspecified atom stereocenters. The zero-order valence-corrected chi connectivity index (χ0v) is 21.7. The van der Waals surface area contributed by atoms with Gasteiger partial charge in [-0.05, 0) is 43.5 Å². The molecule has 0 atom stereocenters. The van der Waals surface area contributed by atoms with Crippen LogP contribution in [-0.4, -0.2) is 18.5 Å². The van der Waals surface area contributed by atoms with Crippen molar-refractivity contribution in [2.24, 2.45) is 0 Å². The Morgan fingerprint density at radius 1 is 0.727 bits per heavy atom. The molecule has 0 N–H and O–H groups in total. The van der Waals surface area contributed by atoms with Crippen LogP contribution in [0.15, 0.2) is 18.2 Å². The van der Waals surface area contributed by atoms with Gasteiger partial charge in [0.05, 0.1) is 6.61 Å². The smallest absolute Gasteiger partial charge is 0.311 e. The highest BCUT2D eigenvalue weighted by molar-refractivity contribution is 6.31. The van der Waals surface area contributed by atoms with Gasteiger partial charge in [-0.1, -0.05) is 102 Å². The average Bonchev–Trinajstić information content (AvgIpc) is 2.79. The molecular weight excluding hydrogens is 436 g/mol. The first-order valence-corrected chi connectivity index (χ1v) is 13.5. The molecular formula is C28H45ClO4. The maximum atomic E-state index is 11.9. The van der Waals surface area contributed by atoms with Crippen molar-refractivity contribution in [1.82, 2.24) is 0 Å². The normalized spacial score (nSPS) is 10.9. The molecule has 1 rings (SSSR count). The van der Waals surface area contributed by atoms with Crippen molar-refractivity contribution in [3.05, 3.63) is 28.8 Å². The summed E-state index contributed by atoms with van der Waals surface area (Å²) in [6.07, 6.45) is 19.2. The predicted octanol–water partition coefficient (Wildman–Crippen LogP) is 8.75. The summed E-state index contributed by atoms with van der Waals surface area (Å²) >= 11 is 5.96. The zero-order chi connectivity index (χ0) is 24.2. The molecule has 1 aromatic rings. The highest BCUT2D eigenvalue weighted by atomic mass is 35.5. The van der Waals surface area contributed by atoms with Gasteiger partial charge in [-0.3, -0.25) is 9.59 Å². The molecule has 4 nitrogen and oxygen atoms in total. The van der Waals surface area contributed by atoms with Crippen molar-refractivity contribution in [3.63, 3.8) is 0 Å². The fourth-order valence-corrected chi connectivity index (χ4v) is 3.91. The summed E-state index contributed by atoms with van der Waals surface area (Å²) in [5.74, 6) is -0.112. The first-order chi connectivity index (χ1) is 16.0. The first kappa shape index (κ1) is 29.5. The molecule has 0 radical (unpaired) electrons. The minimum absolute atomic E-state index is 0.190. The van der Waals surface area contributed by atoms with E-state index >= 15 is 0 Å². The van der Waals surface area contributed by atoms with Gasteiger partial charge >= 0.3 is 11.9 Å². The fraction of sp³-hybridized carbons (Fsp3) is 0.714. The number of hydrogen-bond donors (Lipinski definition) is 0. The molecule has 0 fully saturated rings. The molecule has 5 heteroatoms. The van der Waals surface area contributed by atoms with Crippen LogP contribution in [0.3, 0.4) is 0 Å². The molecule has 0 saturated carbocycles. The number of benzene rings is 1. The Morgan fingerprint density at radius 3 is 1.79 bits per heavy atom. The third kappa shape index (κ3) is 16.7. The number of esters is 2. The van der Waals surface area contributed by atoms with Crippen LogP contribution in [0, 0.1) is 6.92 Å². The van der Waals surface area contributed by atoms with Crippen molar-refractivity contribution >= 4 is 23.5 Å². The average molecular weight is 481 g/mol. The van der Waals surface area contributed by atoms with Gasteiger partial charge in [0.15, 0.2) is 0 Å². The second-order valence-electron chi connectivity index (χ2n) is 9.06. The van der Waals surface area contributed by atoms with Crippen LogP contribution in [0.4, 0.5) is 0 Å². The third-order valence-electron chi connectivity index (χ3n) is 5.88. The van der Waals surface area contributed by atoms with Gasteiger partial charge in [-0.25, -0.2) is 0 Å². The molecule has 188 valence electrons. The van der Waals surface area contributed by atoms with Crippen molar-refractivity contribution in [2.45, 2.75) is 123 Å². The SMILES string of the molecule is CCCCCCCCCCCCCCCCOC(=O)CCCC(=O)Oc1ccc(Cl)c(C)c1. The summed E-state index contributed by atoms with van der Waals surface area (Å²) < 4.78 is 10.5. The summed E-state index contributed by atoms with van der Waals surface area (Å²) in [6.45, 7) is 4.60. The van der Waals surface area contributed by atoms with Gasteiger partial charge in [0, 0.05) is 17.9 Å². The van der Waals surface area contributed by atoms with Gasteiger partial charge in [0.2, 0.25) is 0 Å². The largest absolute Gasteiger partial charge is 0.466 e. The van der Waals surface area contributed by atoms with Crippen LogP contribution in [-0.2, 0) is 14.3 Å². The second kappa shape index (κ2) is 19.9. The van der Waals surface area contributed by atoms with E-state index in [1.54, 1.807) is 18.2 Å². The lowest BCUT2D eigenvalue weighted by molar-refractivity contribution is -0.144. The Bertz CT molecular complexity index is 659. The zero-order valence-electron chi connectivity index (χ0n) is 21.0. The monoisotopic (exact) mass is 480 g/mol. The summed E-state index contributed by atoms with van der Waals surface area (Å²) in [5.41, 5.74) is 0.856. The lowest BCUT2D eigenvalue weighted by Crippen LogP contribution is -2.10. The Balaban J connectivity index is 1.87. The van der Waals surface area contributed by atoms with Crippen LogP contribution < -0.4 is 4.74 Å². The number of aryl methyl sites for hydroxylation is 1. The van der Waals surface area contributed by atoms with E-state index in [1.165, 1.54) is 77.0 Å². The highest BCUT2D eigenvalue weighted by Crippen LogP contribution is 2.21. The molecule has 0 heterocycles. The number of hydrogen-bond acceptors (Lipinski definition) is 4. The van der Waals surface area contributed by atoms with Gasteiger partial charge in [0.1, 0.15) is 5.75 Å². The molecule has 0 aromatic heterocycles. The summed E-state index contributed by atoms with van der Waals surface area (Å²) in [7, 11) is 0. The van der Waals surface area contributed by atoms with E-state index in [2.05, 4.69) is 6.92 Å².